The Labute approximate surface area is 116 Å². The van der Waals surface area contributed by atoms with Crippen LogP contribution in [0.5, 0.6) is 0 Å². The molecule has 2 N–H and O–H groups in total. The van der Waals surface area contributed by atoms with Crippen molar-refractivity contribution in [3.63, 3.8) is 0 Å². The van der Waals surface area contributed by atoms with Crippen LogP contribution in [0.4, 0.5) is 0 Å². The van der Waals surface area contributed by atoms with Gasteiger partial charge < -0.3 is 5.73 Å². The summed E-state index contributed by atoms with van der Waals surface area (Å²) in [4.78, 5) is 2.77. The van der Waals surface area contributed by atoms with E-state index in [-0.39, 0.29) is 0 Å². The molecule has 2 aliphatic heterocycles. The molecule has 2 saturated heterocycles. The average molecular weight is 268 g/mol. The largest absolute Gasteiger partial charge is 0.329 e. The Kier molecular flexibility index (Phi) is 3.93. The number of rotatable bonds is 2. The Morgan fingerprint density at radius 3 is 2.22 bits per heavy atom. The van der Waals surface area contributed by atoms with Gasteiger partial charge in [0.2, 0.25) is 0 Å². The molecule has 3 rings (SSSR count). The first-order valence-electron chi connectivity index (χ1n) is 7.82. The number of hydrogen-bond donors (Lipinski definition) is 1. The van der Waals surface area contributed by atoms with Crippen molar-refractivity contribution >= 4 is 11.8 Å². The van der Waals surface area contributed by atoms with Gasteiger partial charge >= 0.3 is 0 Å². The van der Waals surface area contributed by atoms with Crippen LogP contribution < -0.4 is 5.73 Å². The predicted octanol–water partition coefficient (Wildman–Crippen LogP) is 2.87. The van der Waals surface area contributed by atoms with Crippen molar-refractivity contribution in [2.75, 3.05) is 31.1 Å². The molecule has 18 heavy (non-hydrogen) atoms. The summed E-state index contributed by atoms with van der Waals surface area (Å²) in [6.07, 6.45) is 11.6. The molecule has 3 heteroatoms. The molecule has 2 nitrogen and oxygen atoms in total. The van der Waals surface area contributed by atoms with E-state index in [9.17, 15) is 0 Å². The second-order valence-corrected chi connectivity index (χ2v) is 7.88. The third kappa shape index (κ3) is 2.34. The first-order valence-corrected chi connectivity index (χ1v) is 8.97. The Balaban J connectivity index is 1.63. The SMILES string of the molecule is NCC1(N2CCC3(CCCC3)CC2)CCCSC1. The van der Waals surface area contributed by atoms with E-state index in [2.05, 4.69) is 16.7 Å². The van der Waals surface area contributed by atoms with Gasteiger partial charge in [0.05, 0.1) is 0 Å². The Morgan fingerprint density at radius 2 is 1.67 bits per heavy atom. The van der Waals surface area contributed by atoms with E-state index in [1.54, 1.807) is 0 Å². The summed E-state index contributed by atoms with van der Waals surface area (Å²) in [7, 11) is 0. The summed E-state index contributed by atoms with van der Waals surface area (Å²) >= 11 is 2.12. The molecule has 1 aliphatic carbocycles. The van der Waals surface area contributed by atoms with Crippen LogP contribution in [0.15, 0.2) is 0 Å². The van der Waals surface area contributed by atoms with Crippen molar-refractivity contribution in [2.24, 2.45) is 11.1 Å². The van der Waals surface area contributed by atoms with Crippen molar-refractivity contribution < 1.29 is 0 Å². The van der Waals surface area contributed by atoms with E-state index < -0.39 is 0 Å². The molecule has 0 amide bonds. The second kappa shape index (κ2) is 5.34. The van der Waals surface area contributed by atoms with E-state index in [1.165, 1.54) is 76.0 Å². The van der Waals surface area contributed by atoms with Gasteiger partial charge in [-0.1, -0.05) is 12.8 Å². The molecule has 104 valence electrons. The molecule has 0 bridgehead atoms. The normalized spacial score (nSPS) is 37.2. The number of hydrogen-bond acceptors (Lipinski definition) is 3. The fourth-order valence-electron chi connectivity index (χ4n) is 4.46. The zero-order valence-electron chi connectivity index (χ0n) is 11.6. The summed E-state index contributed by atoms with van der Waals surface area (Å²) < 4.78 is 0. The lowest BCUT2D eigenvalue weighted by molar-refractivity contribution is 0.0277. The van der Waals surface area contributed by atoms with E-state index in [4.69, 9.17) is 5.73 Å². The molecule has 3 fully saturated rings. The van der Waals surface area contributed by atoms with Crippen molar-refractivity contribution in [3.05, 3.63) is 0 Å². The standard InChI is InChI=1S/C15H28N2S/c16-12-15(6-3-11-18-13-15)17-9-7-14(8-10-17)4-1-2-5-14/h1-13,16H2. The van der Waals surface area contributed by atoms with E-state index >= 15 is 0 Å². The highest BCUT2D eigenvalue weighted by atomic mass is 32.2. The molecule has 3 aliphatic rings. The van der Waals surface area contributed by atoms with Crippen LogP contribution in [0.1, 0.15) is 51.4 Å². The lowest BCUT2D eigenvalue weighted by atomic mass is 9.75. The predicted molar refractivity (Wildman–Crippen MR) is 80.1 cm³/mol. The van der Waals surface area contributed by atoms with Crippen LogP contribution in [0.25, 0.3) is 0 Å². The maximum atomic E-state index is 6.16. The summed E-state index contributed by atoms with van der Waals surface area (Å²) in [6, 6.07) is 0. The van der Waals surface area contributed by atoms with Gasteiger partial charge in [-0.05, 0) is 62.8 Å². The van der Waals surface area contributed by atoms with Crippen LogP contribution in [0.3, 0.4) is 0 Å². The quantitative estimate of drug-likeness (QED) is 0.835. The molecule has 0 aromatic carbocycles. The van der Waals surface area contributed by atoms with Crippen LogP contribution in [-0.2, 0) is 0 Å². The van der Waals surface area contributed by atoms with Gasteiger partial charge in [0.1, 0.15) is 0 Å². The molecule has 2 heterocycles. The fourth-order valence-corrected chi connectivity index (χ4v) is 5.78. The van der Waals surface area contributed by atoms with Crippen molar-refractivity contribution in [3.8, 4) is 0 Å². The van der Waals surface area contributed by atoms with E-state index in [0.717, 1.165) is 12.0 Å². The molecule has 1 unspecified atom stereocenters. The van der Waals surface area contributed by atoms with Crippen LogP contribution in [0, 0.1) is 5.41 Å². The van der Waals surface area contributed by atoms with Gasteiger partial charge in [0, 0.05) is 17.8 Å². The highest BCUT2D eigenvalue weighted by Crippen LogP contribution is 2.47. The van der Waals surface area contributed by atoms with Gasteiger partial charge in [-0.15, -0.1) is 0 Å². The van der Waals surface area contributed by atoms with E-state index in [1.807, 2.05) is 0 Å². The van der Waals surface area contributed by atoms with E-state index in [0.29, 0.717) is 5.54 Å². The smallest absolute Gasteiger partial charge is 0.0422 e. The summed E-state index contributed by atoms with van der Waals surface area (Å²) in [5, 5.41) is 0. The van der Waals surface area contributed by atoms with Crippen LogP contribution >= 0.6 is 11.8 Å². The van der Waals surface area contributed by atoms with Crippen LogP contribution in [-0.4, -0.2) is 41.6 Å². The maximum Gasteiger partial charge on any atom is 0.0422 e. The Morgan fingerprint density at radius 1 is 0.944 bits per heavy atom. The minimum atomic E-state index is 0.350. The number of piperidine rings is 1. The number of nitrogens with zero attached hydrogens (tertiary/aromatic N) is 1. The maximum absolute atomic E-state index is 6.16. The zero-order valence-corrected chi connectivity index (χ0v) is 12.4. The molecule has 1 saturated carbocycles. The Hall–Kier alpha value is 0.270. The fraction of sp³-hybridized carbons (Fsp3) is 1.00. The monoisotopic (exact) mass is 268 g/mol. The first kappa shape index (κ1) is 13.3. The molecule has 0 aromatic heterocycles. The molecular formula is C15H28N2S. The van der Waals surface area contributed by atoms with Gasteiger partial charge in [-0.2, -0.15) is 11.8 Å². The molecule has 1 spiro atoms. The molecule has 0 aromatic rings. The number of thioether (sulfide) groups is 1. The lowest BCUT2D eigenvalue weighted by Crippen LogP contribution is -2.60. The minimum absolute atomic E-state index is 0.350. The first-order chi connectivity index (χ1) is 8.79. The minimum Gasteiger partial charge on any atom is -0.329 e. The van der Waals surface area contributed by atoms with Gasteiger partial charge in [0.25, 0.3) is 0 Å². The molecular weight excluding hydrogens is 240 g/mol. The lowest BCUT2D eigenvalue weighted by Gasteiger charge is -2.50. The summed E-state index contributed by atoms with van der Waals surface area (Å²) in [6.45, 7) is 3.50. The van der Waals surface area contributed by atoms with Gasteiger partial charge in [-0.3, -0.25) is 4.90 Å². The summed E-state index contributed by atoms with van der Waals surface area (Å²) in [5.74, 6) is 2.62. The zero-order chi connectivity index (χ0) is 12.5. The third-order valence-corrected chi connectivity index (χ3v) is 7.16. The number of likely N-dealkylation sites (tertiary alicyclic amines) is 1. The average Bonchev–Trinajstić information content (AvgIpc) is 2.89. The molecule has 1 atom stereocenters. The highest BCUT2D eigenvalue weighted by Gasteiger charge is 2.43. The van der Waals surface area contributed by atoms with Gasteiger partial charge in [0.15, 0.2) is 0 Å². The van der Waals surface area contributed by atoms with Crippen molar-refractivity contribution in [2.45, 2.75) is 56.9 Å². The Bertz CT molecular complexity index is 270. The van der Waals surface area contributed by atoms with Crippen LogP contribution in [0.2, 0.25) is 0 Å². The van der Waals surface area contributed by atoms with Crippen molar-refractivity contribution in [1.29, 1.82) is 0 Å². The summed E-state index contributed by atoms with van der Waals surface area (Å²) in [5.41, 5.74) is 7.25. The van der Waals surface area contributed by atoms with Crippen molar-refractivity contribution in [1.82, 2.24) is 4.90 Å². The second-order valence-electron chi connectivity index (χ2n) is 6.78. The highest BCUT2D eigenvalue weighted by molar-refractivity contribution is 7.99. The van der Waals surface area contributed by atoms with Gasteiger partial charge in [-0.25, -0.2) is 0 Å². The topological polar surface area (TPSA) is 29.3 Å². The number of nitrogens with two attached hydrogens (primary N) is 1. The molecule has 0 radical (unpaired) electrons. The third-order valence-electron chi connectivity index (χ3n) is 5.84.